The van der Waals surface area contributed by atoms with Crippen molar-refractivity contribution < 1.29 is 14.3 Å². The molecule has 114 valence electrons. The second-order valence-electron chi connectivity index (χ2n) is 4.95. The second-order valence-corrected chi connectivity index (χ2v) is 4.95. The topological polar surface area (TPSA) is 85.4 Å². The third kappa shape index (κ3) is 3.08. The molecule has 3 rings (SSSR count). The van der Waals surface area contributed by atoms with E-state index in [1.54, 1.807) is 12.1 Å². The van der Waals surface area contributed by atoms with Crippen molar-refractivity contribution >= 4 is 11.9 Å². The monoisotopic (exact) mass is 300 g/mol. The number of ether oxygens (including phenoxy) is 2. The van der Waals surface area contributed by atoms with Gasteiger partial charge in [-0.2, -0.15) is 0 Å². The molecule has 22 heavy (non-hydrogen) atoms. The molecule has 1 aliphatic rings. The number of nitrogens with zero attached hydrogens (tertiary/aromatic N) is 2. The number of carbonyl (C=O) groups is 1. The average molecular weight is 300 g/mol. The number of benzene rings is 1. The van der Waals surface area contributed by atoms with Crippen molar-refractivity contribution in [1.29, 1.82) is 0 Å². The number of aromatic nitrogens is 2. The van der Waals surface area contributed by atoms with Crippen molar-refractivity contribution in [3.05, 3.63) is 41.7 Å². The van der Waals surface area contributed by atoms with Crippen LogP contribution in [0, 0.1) is 13.8 Å². The maximum Gasteiger partial charge on any atom is 0.283 e. The number of amides is 1. The zero-order chi connectivity index (χ0) is 15.5. The van der Waals surface area contributed by atoms with Gasteiger partial charge < -0.3 is 9.47 Å². The summed E-state index contributed by atoms with van der Waals surface area (Å²) >= 11 is 0. The maximum absolute atomic E-state index is 12.1. The van der Waals surface area contributed by atoms with Gasteiger partial charge in [0, 0.05) is 11.4 Å². The number of anilines is 1. The number of fused-ring (bicyclic) bond motifs is 1. The van der Waals surface area contributed by atoms with Gasteiger partial charge in [-0.15, -0.1) is 0 Å². The molecular weight excluding hydrogens is 284 g/mol. The predicted octanol–water partition coefficient (Wildman–Crippen LogP) is 1.38. The van der Waals surface area contributed by atoms with E-state index >= 15 is 0 Å². The summed E-state index contributed by atoms with van der Waals surface area (Å²) in [7, 11) is 0. The van der Waals surface area contributed by atoms with E-state index in [4.69, 9.17) is 9.47 Å². The molecule has 0 bridgehead atoms. The summed E-state index contributed by atoms with van der Waals surface area (Å²) in [5.74, 6) is 1.17. The summed E-state index contributed by atoms with van der Waals surface area (Å²) in [6.45, 7) is 3.87. The molecule has 1 aromatic carbocycles. The molecule has 0 saturated carbocycles. The molecule has 0 spiro atoms. The molecule has 0 radical (unpaired) electrons. The number of nitrogens with one attached hydrogen (secondary N) is 2. The van der Waals surface area contributed by atoms with Crippen LogP contribution in [0.3, 0.4) is 0 Å². The van der Waals surface area contributed by atoms with Crippen molar-refractivity contribution in [3.63, 3.8) is 0 Å². The largest absolute Gasteiger partial charge is 0.485 e. The molecule has 0 aliphatic carbocycles. The van der Waals surface area contributed by atoms with E-state index in [2.05, 4.69) is 20.8 Å². The molecule has 7 heteroatoms. The molecule has 0 saturated heterocycles. The van der Waals surface area contributed by atoms with Crippen molar-refractivity contribution in [1.82, 2.24) is 15.4 Å². The third-order valence-electron chi connectivity index (χ3n) is 3.08. The highest BCUT2D eigenvalue weighted by atomic mass is 16.6. The molecule has 2 N–H and O–H groups in total. The zero-order valence-electron chi connectivity index (χ0n) is 12.3. The van der Waals surface area contributed by atoms with Gasteiger partial charge in [0.25, 0.3) is 5.91 Å². The molecule has 2 aromatic rings. The van der Waals surface area contributed by atoms with E-state index in [0.717, 1.165) is 11.4 Å². The molecule has 1 atom stereocenters. The van der Waals surface area contributed by atoms with Gasteiger partial charge in [0.2, 0.25) is 12.1 Å². The molecule has 0 fully saturated rings. The maximum atomic E-state index is 12.1. The predicted molar refractivity (Wildman–Crippen MR) is 79.6 cm³/mol. The van der Waals surface area contributed by atoms with Gasteiger partial charge in [0.1, 0.15) is 6.61 Å². The first kappa shape index (κ1) is 14.1. The molecule has 1 aliphatic heterocycles. The molecule has 2 heterocycles. The first-order valence-corrected chi connectivity index (χ1v) is 6.88. The Balaban J connectivity index is 1.61. The lowest BCUT2D eigenvalue weighted by atomic mass is 10.2. The van der Waals surface area contributed by atoms with Crippen LogP contribution in [0.1, 0.15) is 11.4 Å². The SMILES string of the molecule is Cc1cc(C)nc(NNC(=O)[C@@H]2COc3ccccc3O2)n1. The van der Waals surface area contributed by atoms with Crippen molar-refractivity contribution in [2.75, 3.05) is 12.0 Å². The molecular formula is C15H16N4O3. The van der Waals surface area contributed by atoms with Crippen LogP contribution in [-0.4, -0.2) is 28.6 Å². The smallest absolute Gasteiger partial charge is 0.283 e. The first-order valence-electron chi connectivity index (χ1n) is 6.88. The lowest BCUT2D eigenvalue weighted by Gasteiger charge is -2.25. The van der Waals surface area contributed by atoms with Gasteiger partial charge in [0.15, 0.2) is 11.5 Å². The van der Waals surface area contributed by atoms with E-state index in [1.165, 1.54) is 0 Å². The zero-order valence-corrected chi connectivity index (χ0v) is 12.3. The average Bonchev–Trinajstić information content (AvgIpc) is 2.51. The highest BCUT2D eigenvalue weighted by Gasteiger charge is 2.27. The van der Waals surface area contributed by atoms with E-state index in [0.29, 0.717) is 17.4 Å². The Morgan fingerprint density at radius 3 is 2.59 bits per heavy atom. The minimum atomic E-state index is -0.728. The van der Waals surface area contributed by atoms with Gasteiger partial charge in [-0.3, -0.25) is 15.6 Å². The van der Waals surface area contributed by atoms with Gasteiger partial charge >= 0.3 is 0 Å². The van der Waals surface area contributed by atoms with Gasteiger partial charge in [-0.05, 0) is 32.0 Å². The Kier molecular flexibility index (Phi) is 3.78. The number of rotatable bonds is 3. The van der Waals surface area contributed by atoms with Crippen LogP contribution < -0.4 is 20.3 Å². The number of hydrogen-bond acceptors (Lipinski definition) is 6. The fourth-order valence-electron chi connectivity index (χ4n) is 2.13. The third-order valence-corrected chi connectivity index (χ3v) is 3.08. The minimum absolute atomic E-state index is 0.151. The van der Waals surface area contributed by atoms with Crippen molar-refractivity contribution in [3.8, 4) is 11.5 Å². The highest BCUT2D eigenvalue weighted by molar-refractivity contribution is 5.82. The number of hydrazine groups is 1. The Morgan fingerprint density at radius 1 is 1.18 bits per heavy atom. The van der Waals surface area contributed by atoms with Gasteiger partial charge in [0.05, 0.1) is 0 Å². The Labute approximate surface area is 127 Å². The lowest BCUT2D eigenvalue weighted by molar-refractivity contribution is -0.129. The van der Waals surface area contributed by atoms with Gasteiger partial charge in [-0.1, -0.05) is 12.1 Å². The summed E-state index contributed by atoms with van der Waals surface area (Å²) in [6.07, 6.45) is -0.728. The Morgan fingerprint density at radius 2 is 1.86 bits per heavy atom. The van der Waals surface area contributed by atoms with Crippen LogP contribution in [-0.2, 0) is 4.79 Å². The highest BCUT2D eigenvalue weighted by Crippen LogP contribution is 2.30. The van der Waals surface area contributed by atoms with Gasteiger partial charge in [-0.25, -0.2) is 9.97 Å². The summed E-state index contributed by atoms with van der Waals surface area (Å²) < 4.78 is 11.1. The van der Waals surface area contributed by atoms with Crippen LogP contribution in [0.4, 0.5) is 5.95 Å². The minimum Gasteiger partial charge on any atom is -0.485 e. The fraction of sp³-hybridized carbons (Fsp3) is 0.267. The summed E-state index contributed by atoms with van der Waals surface area (Å²) in [5, 5.41) is 0. The van der Waals surface area contributed by atoms with E-state index in [-0.39, 0.29) is 12.5 Å². The Bertz CT molecular complexity index is 685. The molecule has 1 amide bonds. The van der Waals surface area contributed by atoms with Crippen LogP contribution in [0.15, 0.2) is 30.3 Å². The lowest BCUT2D eigenvalue weighted by Crippen LogP contribution is -2.46. The normalized spacial score (nSPS) is 16.0. The van der Waals surface area contributed by atoms with E-state index in [9.17, 15) is 4.79 Å². The first-order chi connectivity index (χ1) is 10.6. The van der Waals surface area contributed by atoms with Crippen molar-refractivity contribution in [2.24, 2.45) is 0 Å². The van der Waals surface area contributed by atoms with Crippen LogP contribution in [0.5, 0.6) is 11.5 Å². The van der Waals surface area contributed by atoms with Crippen molar-refractivity contribution in [2.45, 2.75) is 20.0 Å². The number of aryl methyl sites for hydroxylation is 2. The molecule has 7 nitrogen and oxygen atoms in total. The van der Waals surface area contributed by atoms with E-state index < -0.39 is 6.10 Å². The Hall–Kier alpha value is -2.83. The van der Waals surface area contributed by atoms with E-state index in [1.807, 2.05) is 32.0 Å². The summed E-state index contributed by atoms with van der Waals surface area (Å²) in [4.78, 5) is 20.5. The summed E-state index contributed by atoms with van der Waals surface area (Å²) in [5.41, 5.74) is 6.86. The number of para-hydroxylation sites is 2. The fourth-order valence-corrected chi connectivity index (χ4v) is 2.13. The standard InChI is InChI=1S/C15H16N4O3/c1-9-7-10(2)17-15(16-9)19-18-14(20)13-8-21-11-5-3-4-6-12(11)22-13/h3-7,13H,8H2,1-2H3,(H,18,20)(H,16,17,19)/t13-/m0/s1. The van der Waals surface area contributed by atoms with Crippen LogP contribution >= 0.6 is 0 Å². The van der Waals surface area contributed by atoms with Crippen LogP contribution in [0.25, 0.3) is 0 Å². The summed E-state index contributed by atoms with van der Waals surface area (Å²) in [6, 6.07) is 9.08. The number of carbonyl (C=O) groups excluding carboxylic acids is 1. The number of hydrogen-bond donors (Lipinski definition) is 2. The quantitative estimate of drug-likeness (QED) is 0.833. The van der Waals surface area contributed by atoms with Crippen LogP contribution in [0.2, 0.25) is 0 Å². The molecule has 1 aromatic heterocycles. The molecule has 0 unspecified atom stereocenters. The second kappa shape index (κ2) is 5.88.